The molecule has 0 aliphatic heterocycles. The lowest BCUT2D eigenvalue weighted by Gasteiger charge is -2.35. The monoisotopic (exact) mass is 287 g/mol. The van der Waals surface area contributed by atoms with Gasteiger partial charge in [0.1, 0.15) is 5.75 Å². The van der Waals surface area contributed by atoms with Crippen molar-refractivity contribution in [3.63, 3.8) is 0 Å². The number of methoxy groups -OCH3 is 1. The molecule has 0 bridgehead atoms. The third-order valence-electron chi connectivity index (χ3n) is 4.17. The summed E-state index contributed by atoms with van der Waals surface area (Å²) in [6.07, 6.45) is 3.88. The summed E-state index contributed by atoms with van der Waals surface area (Å²) in [7, 11) is 1.68. The number of hydrogen-bond donors (Lipinski definition) is 1. The molecule has 0 saturated heterocycles. The molecule has 21 heavy (non-hydrogen) atoms. The highest BCUT2D eigenvalue weighted by atomic mass is 16.5. The van der Waals surface area contributed by atoms with Gasteiger partial charge in [-0.1, -0.05) is 19.1 Å². The number of rotatable bonds is 8. The fourth-order valence-electron chi connectivity index (χ4n) is 2.87. The van der Waals surface area contributed by atoms with Crippen LogP contribution < -0.4 is 10.5 Å². The zero-order valence-electron chi connectivity index (χ0n) is 13.0. The third kappa shape index (κ3) is 3.96. The lowest BCUT2D eigenvalue weighted by Crippen LogP contribution is -2.42. The molecule has 2 N–H and O–H groups in total. The van der Waals surface area contributed by atoms with Gasteiger partial charge in [-0.3, -0.25) is 4.90 Å². The van der Waals surface area contributed by atoms with Crippen LogP contribution in [0.1, 0.15) is 44.2 Å². The summed E-state index contributed by atoms with van der Waals surface area (Å²) in [6.45, 7) is 2.91. The Hall–Kier alpha value is -1.57. The minimum atomic E-state index is 0.0661. The highest BCUT2D eigenvalue weighted by Crippen LogP contribution is 2.37. The number of nitrogens with zero attached hydrogens (tertiary/aromatic N) is 2. The summed E-state index contributed by atoms with van der Waals surface area (Å²) < 4.78 is 5.34. The molecule has 2 atom stereocenters. The quantitative estimate of drug-likeness (QED) is 0.798. The van der Waals surface area contributed by atoms with Crippen LogP contribution in [-0.4, -0.2) is 30.6 Å². The largest absolute Gasteiger partial charge is 0.497 e. The van der Waals surface area contributed by atoms with E-state index in [0.717, 1.165) is 18.7 Å². The van der Waals surface area contributed by atoms with Gasteiger partial charge in [0.25, 0.3) is 0 Å². The molecule has 1 aliphatic rings. The fourth-order valence-corrected chi connectivity index (χ4v) is 2.87. The van der Waals surface area contributed by atoms with E-state index in [1.165, 1.54) is 18.4 Å². The Labute approximate surface area is 127 Å². The summed E-state index contributed by atoms with van der Waals surface area (Å²) in [4.78, 5) is 2.42. The Kier molecular flexibility index (Phi) is 5.60. The van der Waals surface area contributed by atoms with Gasteiger partial charge in [-0.15, -0.1) is 0 Å². The Balaban J connectivity index is 2.29. The minimum Gasteiger partial charge on any atom is -0.497 e. The number of hydrogen-bond acceptors (Lipinski definition) is 4. The van der Waals surface area contributed by atoms with Crippen molar-refractivity contribution in [2.24, 2.45) is 5.73 Å². The molecule has 1 aromatic carbocycles. The van der Waals surface area contributed by atoms with E-state index in [0.29, 0.717) is 12.5 Å². The molecular formula is C17H25N3O. The zero-order valence-corrected chi connectivity index (χ0v) is 13.0. The van der Waals surface area contributed by atoms with Gasteiger partial charge in [-0.25, -0.2) is 0 Å². The minimum absolute atomic E-state index is 0.0661. The zero-order chi connectivity index (χ0) is 15.2. The summed E-state index contributed by atoms with van der Waals surface area (Å²) in [5.74, 6) is 0.858. The van der Waals surface area contributed by atoms with Crippen molar-refractivity contribution >= 4 is 0 Å². The molecule has 0 radical (unpaired) electrons. The van der Waals surface area contributed by atoms with Gasteiger partial charge in [0.05, 0.1) is 19.2 Å². The van der Waals surface area contributed by atoms with Crippen molar-refractivity contribution in [1.29, 1.82) is 5.26 Å². The lowest BCUT2D eigenvalue weighted by atomic mass is 9.95. The van der Waals surface area contributed by atoms with Gasteiger partial charge in [0.2, 0.25) is 0 Å². The number of nitrogens with two attached hydrogens (primary N) is 1. The maximum atomic E-state index is 8.92. The first-order valence-corrected chi connectivity index (χ1v) is 7.73. The van der Waals surface area contributed by atoms with Crippen molar-refractivity contribution in [3.8, 4) is 11.8 Å². The van der Waals surface area contributed by atoms with Crippen molar-refractivity contribution in [2.45, 2.75) is 50.7 Å². The lowest BCUT2D eigenvalue weighted by molar-refractivity contribution is 0.162. The molecule has 2 rings (SSSR count). The topological polar surface area (TPSA) is 62.3 Å². The SMILES string of the molecule is CCC(N)C(c1cccc(OC)c1)N(CCC#N)C1CC1. The summed E-state index contributed by atoms with van der Waals surface area (Å²) >= 11 is 0. The first-order valence-electron chi connectivity index (χ1n) is 7.73. The van der Waals surface area contributed by atoms with Gasteiger partial charge >= 0.3 is 0 Å². The molecule has 1 aliphatic carbocycles. The Morgan fingerprint density at radius 1 is 1.48 bits per heavy atom. The molecule has 0 heterocycles. The highest BCUT2D eigenvalue weighted by Gasteiger charge is 2.36. The maximum absolute atomic E-state index is 8.92. The second-order valence-corrected chi connectivity index (χ2v) is 5.67. The molecule has 1 fully saturated rings. The van der Waals surface area contributed by atoms with E-state index in [9.17, 15) is 0 Å². The van der Waals surface area contributed by atoms with Crippen LogP contribution in [0.4, 0.5) is 0 Å². The van der Waals surface area contributed by atoms with Crippen molar-refractivity contribution in [3.05, 3.63) is 29.8 Å². The van der Waals surface area contributed by atoms with Crippen molar-refractivity contribution in [1.82, 2.24) is 4.90 Å². The molecule has 1 aromatic rings. The number of benzene rings is 1. The Morgan fingerprint density at radius 3 is 2.81 bits per heavy atom. The number of ether oxygens (including phenoxy) is 1. The van der Waals surface area contributed by atoms with Crippen molar-refractivity contribution < 1.29 is 4.74 Å². The van der Waals surface area contributed by atoms with Gasteiger partial charge in [-0.2, -0.15) is 5.26 Å². The van der Waals surface area contributed by atoms with E-state index < -0.39 is 0 Å². The molecule has 1 saturated carbocycles. The van der Waals surface area contributed by atoms with Crippen molar-refractivity contribution in [2.75, 3.05) is 13.7 Å². The molecule has 4 nitrogen and oxygen atoms in total. The molecule has 0 amide bonds. The summed E-state index contributed by atoms with van der Waals surface area (Å²) in [5.41, 5.74) is 7.60. The summed E-state index contributed by atoms with van der Waals surface area (Å²) in [6, 6.07) is 11.2. The summed E-state index contributed by atoms with van der Waals surface area (Å²) in [5, 5.41) is 8.92. The Bertz CT molecular complexity index is 493. The van der Waals surface area contributed by atoms with E-state index in [1.54, 1.807) is 7.11 Å². The third-order valence-corrected chi connectivity index (χ3v) is 4.17. The van der Waals surface area contributed by atoms with Crippen LogP contribution in [0, 0.1) is 11.3 Å². The second kappa shape index (κ2) is 7.44. The van der Waals surface area contributed by atoms with Gasteiger partial charge in [-0.05, 0) is 37.0 Å². The van der Waals surface area contributed by atoms with E-state index in [1.807, 2.05) is 12.1 Å². The van der Waals surface area contributed by atoms with E-state index in [-0.39, 0.29) is 12.1 Å². The fraction of sp³-hybridized carbons (Fsp3) is 0.588. The van der Waals surface area contributed by atoms with Crippen LogP contribution in [0.5, 0.6) is 5.75 Å². The van der Waals surface area contributed by atoms with E-state index in [2.05, 4.69) is 30.0 Å². The van der Waals surface area contributed by atoms with Gasteiger partial charge in [0, 0.05) is 25.0 Å². The molecule has 4 heteroatoms. The average molecular weight is 287 g/mol. The van der Waals surface area contributed by atoms with Gasteiger partial charge < -0.3 is 10.5 Å². The van der Waals surface area contributed by atoms with Crippen LogP contribution in [0.15, 0.2) is 24.3 Å². The second-order valence-electron chi connectivity index (χ2n) is 5.67. The first kappa shape index (κ1) is 15.8. The van der Waals surface area contributed by atoms with Crippen LogP contribution in [0.3, 0.4) is 0 Å². The van der Waals surface area contributed by atoms with Crippen LogP contribution in [0.2, 0.25) is 0 Å². The van der Waals surface area contributed by atoms with Crippen LogP contribution in [0.25, 0.3) is 0 Å². The van der Waals surface area contributed by atoms with E-state index >= 15 is 0 Å². The standard InChI is InChI=1S/C17H25N3O/c1-3-16(19)17(13-6-4-7-15(12-13)21-2)20(11-5-10-18)14-8-9-14/h4,6-7,12,14,16-17H,3,5,8-9,11,19H2,1-2H3. The molecular weight excluding hydrogens is 262 g/mol. The van der Waals surface area contributed by atoms with E-state index in [4.69, 9.17) is 15.7 Å². The van der Waals surface area contributed by atoms with Crippen LogP contribution in [-0.2, 0) is 0 Å². The first-order chi connectivity index (χ1) is 10.2. The normalized spacial score (nSPS) is 17.3. The smallest absolute Gasteiger partial charge is 0.119 e. The molecule has 0 spiro atoms. The van der Waals surface area contributed by atoms with Gasteiger partial charge in [0.15, 0.2) is 0 Å². The van der Waals surface area contributed by atoms with Crippen LogP contribution >= 0.6 is 0 Å². The molecule has 0 aromatic heterocycles. The maximum Gasteiger partial charge on any atom is 0.119 e. The Morgan fingerprint density at radius 2 is 2.24 bits per heavy atom. The predicted octanol–water partition coefficient (Wildman–Crippen LogP) is 2.85. The molecule has 114 valence electrons. The number of nitriles is 1. The average Bonchev–Trinajstić information content (AvgIpc) is 3.35. The highest BCUT2D eigenvalue weighted by molar-refractivity contribution is 5.31. The predicted molar refractivity (Wildman–Crippen MR) is 84.0 cm³/mol. The molecule has 2 unspecified atom stereocenters.